The number of piperidine rings is 2. The number of ether oxygens (including phenoxy) is 1. The predicted octanol–water partition coefficient (Wildman–Crippen LogP) is -0.228. The van der Waals surface area contributed by atoms with Crippen LogP contribution in [0.5, 0.6) is 0 Å². The number of rotatable bonds is 4. The summed E-state index contributed by atoms with van der Waals surface area (Å²) < 4.78 is 5.71. The number of fused-ring (bicyclic) bond motifs is 3. The molecule has 4 aliphatic heterocycles. The molecule has 4 aliphatic rings. The lowest BCUT2D eigenvalue weighted by molar-refractivity contribution is -0.136. The van der Waals surface area contributed by atoms with Crippen molar-refractivity contribution in [2.75, 3.05) is 26.3 Å². The van der Waals surface area contributed by atoms with Crippen LogP contribution in [0.25, 0.3) is 0 Å². The molecule has 3 unspecified atom stereocenters. The molecule has 3 N–H and O–H groups in total. The Morgan fingerprint density at radius 3 is 2.69 bits per heavy atom. The van der Waals surface area contributed by atoms with Gasteiger partial charge in [0.15, 0.2) is 0 Å². The highest BCUT2D eigenvalue weighted by Crippen LogP contribution is 2.30. The summed E-state index contributed by atoms with van der Waals surface area (Å²) >= 11 is 0. The fourth-order valence-corrected chi connectivity index (χ4v) is 5.19. The van der Waals surface area contributed by atoms with Crippen molar-refractivity contribution in [3.63, 3.8) is 0 Å². The summed E-state index contributed by atoms with van der Waals surface area (Å²) in [6, 6.07) is 5.72. The summed E-state index contributed by atoms with van der Waals surface area (Å²) in [5.41, 5.74) is 2.63. The highest BCUT2D eigenvalue weighted by molar-refractivity contribution is 6.05. The first-order valence-corrected chi connectivity index (χ1v) is 10.4. The van der Waals surface area contributed by atoms with Crippen LogP contribution in [0.2, 0.25) is 0 Å². The van der Waals surface area contributed by atoms with Gasteiger partial charge in [-0.05, 0) is 17.5 Å². The van der Waals surface area contributed by atoms with E-state index in [0.717, 1.165) is 37.4 Å². The molecular formula is C21H26N4O4. The Morgan fingerprint density at radius 2 is 1.93 bits per heavy atom. The molecule has 2 bridgehead atoms. The zero-order chi connectivity index (χ0) is 20.0. The van der Waals surface area contributed by atoms with Crippen LogP contribution in [0.4, 0.5) is 0 Å². The van der Waals surface area contributed by atoms with Crippen molar-refractivity contribution in [3.05, 3.63) is 34.9 Å². The molecule has 0 saturated carbocycles. The van der Waals surface area contributed by atoms with Crippen molar-refractivity contribution >= 4 is 17.7 Å². The second-order valence-corrected chi connectivity index (χ2v) is 8.47. The zero-order valence-corrected chi connectivity index (χ0v) is 16.3. The van der Waals surface area contributed by atoms with Gasteiger partial charge in [-0.2, -0.15) is 0 Å². The number of imide groups is 1. The summed E-state index contributed by atoms with van der Waals surface area (Å²) in [7, 11) is 0. The van der Waals surface area contributed by atoms with E-state index in [4.69, 9.17) is 4.74 Å². The molecule has 5 rings (SSSR count). The molecule has 0 aliphatic carbocycles. The van der Waals surface area contributed by atoms with Crippen LogP contribution in [0, 0.1) is 11.8 Å². The Hall–Kier alpha value is -2.29. The minimum atomic E-state index is -0.575. The Labute approximate surface area is 169 Å². The highest BCUT2D eigenvalue weighted by Gasteiger charge is 2.41. The molecule has 1 aromatic rings. The Kier molecular flexibility index (Phi) is 4.85. The van der Waals surface area contributed by atoms with Crippen molar-refractivity contribution in [3.8, 4) is 0 Å². The van der Waals surface area contributed by atoms with E-state index < -0.39 is 6.04 Å². The van der Waals surface area contributed by atoms with E-state index in [-0.39, 0.29) is 24.1 Å². The number of benzene rings is 1. The minimum Gasteiger partial charge on any atom is -0.381 e. The number of nitrogens with one attached hydrogen (secondary N) is 3. The van der Waals surface area contributed by atoms with Gasteiger partial charge in [0.05, 0.1) is 13.2 Å². The van der Waals surface area contributed by atoms with Crippen LogP contribution in [0.1, 0.15) is 34.3 Å². The van der Waals surface area contributed by atoms with Crippen LogP contribution < -0.4 is 16.0 Å². The van der Waals surface area contributed by atoms with Gasteiger partial charge in [-0.1, -0.05) is 18.2 Å². The van der Waals surface area contributed by atoms with Crippen molar-refractivity contribution in [2.24, 2.45) is 11.8 Å². The second kappa shape index (κ2) is 7.51. The summed E-state index contributed by atoms with van der Waals surface area (Å²) in [6.45, 7) is 4.45. The standard InChI is InChI=1S/C21H26N4O4/c26-17-5-4-16(20(27)24-17)25-9-13-3-1-2-12(18(13)21(25)28)8-23-19-14-6-22-7-15(19)11-29-10-14/h1-3,14-16,19,22-23H,4-11H2,(H,24,26,27). The average molecular weight is 398 g/mol. The normalized spacial score (nSPS) is 31.6. The number of hydrogen-bond donors (Lipinski definition) is 3. The molecule has 8 nitrogen and oxygen atoms in total. The Morgan fingerprint density at radius 1 is 1.14 bits per heavy atom. The second-order valence-electron chi connectivity index (χ2n) is 8.47. The van der Waals surface area contributed by atoms with Gasteiger partial charge >= 0.3 is 0 Å². The molecule has 8 heteroatoms. The van der Waals surface area contributed by atoms with E-state index in [2.05, 4.69) is 16.0 Å². The van der Waals surface area contributed by atoms with Crippen molar-refractivity contribution in [1.29, 1.82) is 0 Å². The molecule has 154 valence electrons. The van der Waals surface area contributed by atoms with E-state index in [1.54, 1.807) is 4.90 Å². The van der Waals surface area contributed by atoms with Crippen molar-refractivity contribution < 1.29 is 19.1 Å². The molecule has 4 heterocycles. The lowest BCUT2D eigenvalue weighted by Crippen LogP contribution is -2.59. The van der Waals surface area contributed by atoms with Crippen molar-refractivity contribution in [2.45, 2.75) is 38.0 Å². The third-order valence-electron chi connectivity index (χ3n) is 6.66. The zero-order valence-electron chi connectivity index (χ0n) is 16.3. The molecular weight excluding hydrogens is 372 g/mol. The number of amides is 3. The van der Waals surface area contributed by atoms with Gasteiger partial charge < -0.3 is 20.3 Å². The predicted molar refractivity (Wildman–Crippen MR) is 104 cm³/mol. The largest absolute Gasteiger partial charge is 0.381 e. The van der Waals surface area contributed by atoms with Crippen LogP contribution in [0.3, 0.4) is 0 Å². The van der Waals surface area contributed by atoms with Gasteiger partial charge in [-0.25, -0.2) is 0 Å². The van der Waals surface area contributed by atoms with Crippen LogP contribution in [-0.2, 0) is 27.4 Å². The van der Waals surface area contributed by atoms with E-state index in [9.17, 15) is 14.4 Å². The molecule has 3 saturated heterocycles. The number of hydrogen-bond acceptors (Lipinski definition) is 6. The van der Waals surface area contributed by atoms with E-state index in [0.29, 0.717) is 43.0 Å². The Bertz CT molecular complexity index is 835. The minimum absolute atomic E-state index is 0.110. The monoisotopic (exact) mass is 398 g/mol. The SMILES string of the molecule is O=C1CCC(N2Cc3cccc(CNC4C5CNCC4COC5)c3C2=O)C(=O)N1. The molecule has 3 amide bonds. The maximum Gasteiger partial charge on any atom is 0.255 e. The number of carbonyl (C=O) groups is 3. The van der Waals surface area contributed by atoms with Gasteiger partial charge in [0, 0.05) is 56.0 Å². The molecule has 3 fully saturated rings. The smallest absolute Gasteiger partial charge is 0.255 e. The molecule has 1 aromatic carbocycles. The highest BCUT2D eigenvalue weighted by atomic mass is 16.5. The van der Waals surface area contributed by atoms with Crippen LogP contribution in [0.15, 0.2) is 18.2 Å². The lowest BCUT2D eigenvalue weighted by atomic mass is 9.83. The van der Waals surface area contributed by atoms with Gasteiger partial charge in [0.25, 0.3) is 5.91 Å². The molecule has 0 radical (unpaired) electrons. The average Bonchev–Trinajstić information content (AvgIpc) is 3.03. The number of nitrogens with zero attached hydrogens (tertiary/aromatic N) is 1. The van der Waals surface area contributed by atoms with Gasteiger partial charge in [-0.15, -0.1) is 0 Å². The molecule has 0 spiro atoms. The fraction of sp³-hybridized carbons (Fsp3) is 0.571. The number of carbonyl (C=O) groups excluding carboxylic acids is 3. The topological polar surface area (TPSA) is 99.8 Å². The summed E-state index contributed by atoms with van der Waals surface area (Å²) in [5, 5.41) is 9.51. The quantitative estimate of drug-likeness (QED) is 0.606. The van der Waals surface area contributed by atoms with Crippen molar-refractivity contribution in [1.82, 2.24) is 20.9 Å². The van der Waals surface area contributed by atoms with Gasteiger partial charge in [-0.3, -0.25) is 19.7 Å². The summed E-state index contributed by atoms with van der Waals surface area (Å²) in [4.78, 5) is 38.5. The maximum absolute atomic E-state index is 13.2. The maximum atomic E-state index is 13.2. The Balaban J connectivity index is 1.32. The first-order valence-electron chi connectivity index (χ1n) is 10.4. The van der Waals surface area contributed by atoms with E-state index >= 15 is 0 Å². The first kappa shape index (κ1) is 18.7. The van der Waals surface area contributed by atoms with E-state index in [1.165, 1.54) is 0 Å². The first-order chi connectivity index (χ1) is 14.1. The van der Waals surface area contributed by atoms with Gasteiger partial charge in [0.1, 0.15) is 6.04 Å². The van der Waals surface area contributed by atoms with Crippen LogP contribution >= 0.6 is 0 Å². The third kappa shape index (κ3) is 3.35. The van der Waals surface area contributed by atoms with Crippen LogP contribution in [-0.4, -0.2) is 61.0 Å². The lowest BCUT2D eigenvalue weighted by Gasteiger charge is -2.43. The van der Waals surface area contributed by atoms with E-state index in [1.807, 2.05) is 18.2 Å². The molecule has 0 aromatic heterocycles. The van der Waals surface area contributed by atoms with Gasteiger partial charge in [0.2, 0.25) is 11.8 Å². The molecule has 29 heavy (non-hydrogen) atoms. The fourth-order valence-electron chi connectivity index (χ4n) is 5.19. The summed E-state index contributed by atoms with van der Waals surface area (Å²) in [5.74, 6) is 0.131. The third-order valence-corrected chi connectivity index (χ3v) is 6.66. The molecule has 3 atom stereocenters. The summed E-state index contributed by atoms with van der Waals surface area (Å²) in [6.07, 6.45) is 0.655.